The summed E-state index contributed by atoms with van der Waals surface area (Å²) >= 11 is 3.43. The Morgan fingerprint density at radius 2 is 1.77 bits per heavy atom. The maximum absolute atomic E-state index is 10.6. The molecule has 3 rings (SSSR count). The number of non-ortho nitro benzene ring substituents is 1. The van der Waals surface area contributed by atoms with Gasteiger partial charge in [-0.2, -0.15) is 0 Å². The summed E-state index contributed by atoms with van der Waals surface area (Å²) in [6.45, 7) is 2.39. The molecule has 0 saturated carbocycles. The smallest absolute Gasteiger partial charge is 0.269 e. The van der Waals surface area contributed by atoms with Crippen molar-refractivity contribution in [3.05, 3.63) is 81.0 Å². The first-order valence-corrected chi connectivity index (χ1v) is 9.06. The Kier molecular flexibility index (Phi) is 6.04. The molecule has 0 saturated heterocycles. The quantitative estimate of drug-likeness (QED) is 0.332. The highest BCUT2D eigenvalue weighted by Gasteiger charge is 2.06. The number of nitro benzene ring substituents is 1. The van der Waals surface area contributed by atoms with Crippen molar-refractivity contribution >= 4 is 27.3 Å². The predicted octanol–water partition coefficient (Wildman–Crippen LogP) is 3.79. The summed E-state index contributed by atoms with van der Waals surface area (Å²) < 4.78 is 6.92. The van der Waals surface area contributed by atoms with Crippen molar-refractivity contribution in [3.63, 3.8) is 0 Å². The third-order valence-corrected chi connectivity index (χ3v) is 4.42. The van der Waals surface area contributed by atoms with E-state index in [2.05, 4.69) is 26.6 Å². The van der Waals surface area contributed by atoms with Gasteiger partial charge in [0.25, 0.3) is 5.69 Å². The number of nitro groups is 1. The molecule has 26 heavy (non-hydrogen) atoms. The zero-order chi connectivity index (χ0) is 18.4. The first-order valence-electron chi connectivity index (χ1n) is 8.26. The zero-order valence-corrected chi connectivity index (χ0v) is 15.6. The summed E-state index contributed by atoms with van der Waals surface area (Å²) in [4.78, 5) is 10.2. The monoisotopic (exact) mass is 416 g/mol. The average molecular weight is 417 g/mol. The van der Waals surface area contributed by atoms with E-state index in [-0.39, 0.29) is 5.69 Å². The fourth-order valence-corrected chi connectivity index (χ4v) is 2.79. The maximum atomic E-state index is 10.6. The number of anilines is 1. The number of furan rings is 1. The van der Waals surface area contributed by atoms with Gasteiger partial charge in [0, 0.05) is 27.9 Å². The Bertz CT molecular complexity index is 860. The lowest BCUT2D eigenvalue weighted by molar-refractivity contribution is -0.669. The number of nitrogens with zero attached hydrogens (tertiary/aromatic N) is 1. The van der Waals surface area contributed by atoms with Crippen molar-refractivity contribution in [1.82, 2.24) is 0 Å². The molecular weight excluding hydrogens is 398 g/mol. The Balaban J connectivity index is 1.41. The van der Waals surface area contributed by atoms with E-state index in [0.717, 1.165) is 46.9 Å². The van der Waals surface area contributed by atoms with E-state index < -0.39 is 4.92 Å². The van der Waals surface area contributed by atoms with Crippen LogP contribution in [0, 0.1) is 10.1 Å². The van der Waals surface area contributed by atoms with Gasteiger partial charge in [-0.15, -0.1) is 0 Å². The summed E-state index contributed by atoms with van der Waals surface area (Å²) in [5, 5.41) is 16.0. The van der Waals surface area contributed by atoms with E-state index in [0.29, 0.717) is 0 Å². The number of hydrogen-bond acceptors (Lipinski definition) is 4. The molecule has 0 aliphatic heterocycles. The number of benzene rings is 2. The van der Waals surface area contributed by atoms with Crippen LogP contribution in [0.15, 0.2) is 69.6 Å². The Morgan fingerprint density at radius 3 is 2.46 bits per heavy atom. The maximum Gasteiger partial charge on any atom is 0.269 e. The second-order valence-electron chi connectivity index (χ2n) is 5.79. The molecule has 0 atom stereocenters. The number of rotatable bonds is 8. The minimum absolute atomic E-state index is 0.0986. The van der Waals surface area contributed by atoms with E-state index in [4.69, 9.17) is 4.42 Å². The minimum Gasteiger partial charge on any atom is -0.455 e. The van der Waals surface area contributed by atoms with Crippen molar-refractivity contribution in [2.45, 2.75) is 6.54 Å². The topological polar surface area (TPSA) is 84.9 Å². The Morgan fingerprint density at radius 1 is 1.04 bits per heavy atom. The highest BCUT2D eigenvalue weighted by Crippen LogP contribution is 2.23. The highest BCUT2D eigenvalue weighted by atomic mass is 79.9. The summed E-state index contributed by atoms with van der Waals surface area (Å²) in [6.07, 6.45) is 0. The van der Waals surface area contributed by atoms with Crippen LogP contribution in [-0.2, 0) is 6.54 Å². The number of halogens is 1. The molecular formula is C19H19BrN3O3+. The first-order chi connectivity index (χ1) is 12.6. The van der Waals surface area contributed by atoms with Gasteiger partial charge in [0.1, 0.15) is 12.3 Å². The van der Waals surface area contributed by atoms with Crippen LogP contribution < -0.4 is 10.6 Å². The molecule has 0 aliphatic carbocycles. The molecule has 0 amide bonds. The van der Waals surface area contributed by atoms with Crippen molar-refractivity contribution < 1.29 is 14.7 Å². The van der Waals surface area contributed by atoms with Gasteiger partial charge in [-0.25, -0.2) is 0 Å². The van der Waals surface area contributed by atoms with Gasteiger partial charge in [-0.3, -0.25) is 10.1 Å². The highest BCUT2D eigenvalue weighted by molar-refractivity contribution is 9.10. The van der Waals surface area contributed by atoms with Crippen LogP contribution in [0.25, 0.3) is 11.3 Å². The first kappa shape index (κ1) is 18.2. The molecule has 0 fully saturated rings. The third kappa shape index (κ3) is 4.93. The van der Waals surface area contributed by atoms with E-state index in [1.54, 1.807) is 12.1 Å². The lowest BCUT2D eigenvalue weighted by Gasteiger charge is -2.05. The Labute approximate surface area is 159 Å². The van der Waals surface area contributed by atoms with Crippen LogP contribution in [-0.4, -0.2) is 18.0 Å². The van der Waals surface area contributed by atoms with Gasteiger partial charge in [0.2, 0.25) is 0 Å². The van der Waals surface area contributed by atoms with Crippen LogP contribution in [0.3, 0.4) is 0 Å². The van der Waals surface area contributed by atoms with Gasteiger partial charge in [-0.1, -0.05) is 28.1 Å². The SMILES string of the molecule is O=[N+]([O-])c1ccc(NCC[NH2+]Cc2ccc(-c3ccc(Br)cc3)o2)cc1. The molecule has 0 bridgehead atoms. The van der Waals surface area contributed by atoms with Crippen LogP contribution in [0.1, 0.15) is 5.76 Å². The molecule has 0 unspecified atom stereocenters. The van der Waals surface area contributed by atoms with Crippen LogP contribution in [0.4, 0.5) is 11.4 Å². The molecule has 0 spiro atoms. The molecule has 0 radical (unpaired) electrons. The molecule has 3 N–H and O–H groups in total. The van der Waals surface area contributed by atoms with Gasteiger partial charge in [0.05, 0.1) is 18.0 Å². The second kappa shape index (κ2) is 8.64. The molecule has 6 nitrogen and oxygen atoms in total. The predicted molar refractivity (Wildman–Crippen MR) is 104 cm³/mol. The fourth-order valence-electron chi connectivity index (χ4n) is 2.52. The lowest BCUT2D eigenvalue weighted by atomic mass is 10.2. The number of nitrogens with one attached hydrogen (secondary N) is 1. The van der Waals surface area contributed by atoms with Gasteiger partial charge in [0.15, 0.2) is 5.76 Å². The van der Waals surface area contributed by atoms with Gasteiger partial charge >= 0.3 is 0 Å². The van der Waals surface area contributed by atoms with E-state index in [1.165, 1.54) is 12.1 Å². The van der Waals surface area contributed by atoms with E-state index >= 15 is 0 Å². The molecule has 1 heterocycles. The molecule has 0 aliphatic rings. The normalized spacial score (nSPS) is 10.7. The van der Waals surface area contributed by atoms with Crippen LogP contribution in [0.2, 0.25) is 0 Å². The largest absolute Gasteiger partial charge is 0.455 e. The van der Waals surface area contributed by atoms with Gasteiger partial charge in [-0.05, 0) is 36.4 Å². The number of hydrogen-bond donors (Lipinski definition) is 2. The fraction of sp³-hybridized carbons (Fsp3) is 0.158. The van der Waals surface area contributed by atoms with Crippen LogP contribution >= 0.6 is 15.9 Å². The van der Waals surface area contributed by atoms with Crippen molar-refractivity contribution in [2.24, 2.45) is 0 Å². The molecule has 134 valence electrons. The van der Waals surface area contributed by atoms with Crippen molar-refractivity contribution in [3.8, 4) is 11.3 Å². The molecule has 7 heteroatoms. The zero-order valence-electron chi connectivity index (χ0n) is 14.0. The van der Waals surface area contributed by atoms with Crippen LogP contribution in [0.5, 0.6) is 0 Å². The van der Waals surface area contributed by atoms with Crippen molar-refractivity contribution in [2.75, 3.05) is 18.4 Å². The number of quaternary nitrogens is 1. The number of nitrogens with two attached hydrogens (primary N) is 1. The summed E-state index contributed by atoms with van der Waals surface area (Å²) in [5.41, 5.74) is 2.03. The third-order valence-electron chi connectivity index (χ3n) is 3.89. The van der Waals surface area contributed by atoms with E-state index in [1.807, 2.05) is 36.4 Å². The van der Waals surface area contributed by atoms with E-state index in [9.17, 15) is 10.1 Å². The molecule has 1 aromatic heterocycles. The van der Waals surface area contributed by atoms with Gasteiger partial charge < -0.3 is 15.1 Å². The summed E-state index contributed by atoms with van der Waals surface area (Å²) in [5.74, 6) is 1.79. The average Bonchev–Trinajstić information content (AvgIpc) is 3.11. The molecule has 2 aromatic carbocycles. The Hall–Kier alpha value is -2.64. The standard InChI is InChI=1S/C19H18BrN3O3/c20-15-3-1-14(2-4-15)19-10-9-18(26-19)13-21-11-12-22-16-5-7-17(8-6-16)23(24)25/h1-10,21-22H,11-13H2/p+1. The summed E-state index contributed by atoms with van der Waals surface area (Å²) in [7, 11) is 0. The second-order valence-corrected chi connectivity index (χ2v) is 6.70. The minimum atomic E-state index is -0.399. The molecule has 3 aromatic rings. The summed E-state index contributed by atoms with van der Waals surface area (Å²) in [6, 6.07) is 18.4. The lowest BCUT2D eigenvalue weighted by Crippen LogP contribution is -2.83. The van der Waals surface area contributed by atoms with Crippen molar-refractivity contribution in [1.29, 1.82) is 0 Å².